The first-order chi connectivity index (χ1) is 18.5. The predicted molar refractivity (Wildman–Crippen MR) is 147 cm³/mol. The third-order valence-electron chi connectivity index (χ3n) is 7.58. The highest BCUT2D eigenvalue weighted by Gasteiger charge is 2.79. The van der Waals surface area contributed by atoms with Gasteiger partial charge in [-0.3, -0.25) is 19.2 Å². The molecule has 2 aliphatic rings. The quantitative estimate of drug-likeness (QED) is 0.132. The van der Waals surface area contributed by atoms with Gasteiger partial charge < -0.3 is 4.74 Å². The topological polar surface area (TPSA) is 124 Å². The Balaban J connectivity index is 1.90. The van der Waals surface area contributed by atoms with Crippen LogP contribution < -0.4 is 4.31 Å². The van der Waals surface area contributed by atoms with Crippen molar-refractivity contribution >= 4 is 43.4 Å². The van der Waals surface area contributed by atoms with Crippen LogP contribution in [0.2, 0.25) is 0 Å². The number of ketones is 1. The normalized spacial score (nSPS) is 26.0. The molecule has 202 valence electrons. The van der Waals surface area contributed by atoms with Crippen LogP contribution in [0.3, 0.4) is 0 Å². The summed E-state index contributed by atoms with van der Waals surface area (Å²) in [6, 6.07) is 18.8. The van der Waals surface area contributed by atoms with E-state index in [0.717, 1.165) is 9.87 Å². The average molecular weight is 613 g/mol. The minimum absolute atomic E-state index is 0.0310. The van der Waals surface area contributed by atoms with Crippen molar-refractivity contribution in [2.24, 2.45) is 0 Å². The van der Waals surface area contributed by atoms with Crippen LogP contribution in [0.1, 0.15) is 36.0 Å². The van der Waals surface area contributed by atoms with Gasteiger partial charge in [0.25, 0.3) is 15.6 Å². The Labute approximate surface area is 234 Å². The Bertz CT molecular complexity index is 1580. The summed E-state index contributed by atoms with van der Waals surface area (Å²) in [7, 11) is -4.52. The summed E-state index contributed by atoms with van der Waals surface area (Å²) >= 11 is 3.28. The van der Waals surface area contributed by atoms with E-state index in [1.807, 2.05) is 0 Å². The fourth-order valence-electron chi connectivity index (χ4n) is 5.89. The maximum absolute atomic E-state index is 14.4. The Morgan fingerprint density at radius 1 is 1.08 bits per heavy atom. The highest BCUT2D eigenvalue weighted by Crippen LogP contribution is 2.63. The zero-order chi connectivity index (χ0) is 28.2. The molecule has 1 heterocycles. The Hall–Kier alpha value is -3.57. The number of nitrogens with zero attached hydrogens (tertiary/aromatic N) is 2. The minimum atomic E-state index is -4.52. The first-order valence-corrected chi connectivity index (χ1v) is 14.5. The molecule has 1 saturated carbocycles. The van der Waals surface area contributed by atoms with Crippen molar-refractivity contribution in [3.63, 3.8) is 0 Å². The molecule has 0 saturated heterocycles. The second-order valence-electron chi connectivity index (χ2n) is 9.64. The third kappa shape index (κ3) is 3.74. The molecule has 11 heteroatoms. The number of aryl methyl sites for hydroxylation is 1. The van der Waals surface area contributed by atoms with E-state index < -0.39 is 54.9 Å². The summed E-state index contributed by atoms with van der Waals surface area (Å²) < 4.78 is 32.5. The van der Waals surface area contributed by atoms with Crippen molar-refractivity contribution in [2.45, 2.75) is 47.0 Å². The Morgan fingerprint density at radius 2 is 1.69 bits per heavy atom. The summed E-state index contributed by atoms with van der Waals surface area (Å²) in [5.41, 5.74) is -0.780. The molecule has 1 fully saturated rings. The second kappa shape index (κ2) is 9.56. The number of carbonyl (C=O) groups excluding carboxylic acids is 2. The summed E-state index contributed by atoms with van der Waals surface area (Å²) in [6.45, 7) is 3.23. The molecule has 5 rings (SSSR count). The monoisotopic (exact) mass is 612 g/mol. The molecule has 0 radical (unpaired) electrons. The lowest BCUT2D eigenvalue weighted by Gasteiger charge is -2.47. The molecule has 1 aliphatic heterocycles. The molecule has 0 spiro atoms. The van der Waals surface area contributed by atoms with Crippen LogP contribution in [-0.4, -0.2) is 42.1 Å². The van der Waals surface area contributed by atoms with Crippen LogP contribution in [0.4, 0.5) is 5.69 Å². The van der Waals surface area contributed by atoms with E-state index in [9.17, 15) is 28.1 Å². The summed E-state index contributed by atoms with van der Waals surface area (Å²) in [5, 5.41) is 13.4. The van der Waals surface area contributed by atoms with Gasteiger partial charge >= 0.3 is 5.97 Å². The molecule has 9 nitrogen and oxygen atoms in total. The highest BCUT2D eigenvalue weighted by atomic mass is 79.9. The SMILES string of the molecule is CCOC(=O)[C@@]1(Br)C(=O)C[C@@H](c2ccccc2)[C@]2([N+](=O)[O-])c3ccccc3N(S(=O)(=O)c3ccc(C)cc3)[C@H]12. The zero-order valence-electron chi connectivity index (χ0n) is 21.1. The Kier molecular flexibility index (Phi) is 6.62. The number of benzene rings is 3. The van der Waals surface area contributed by atoms with Crippen LogP contribution in [0, 0.1) is 17.0 Å². The molecule has 39 heavy (non-hydrogen) atoms. The molecular formula is C28H25BrN2O7S. The van der Waals surface area contributed by atoms with Crippen molar-refractivity contribution < 1.29 is 27.7 Å². The van der Waals surface area contributed by atoms with E-state index >= 15 is 0 Å². The fraction of sp³-hybridized carbons (Fsp3) is 0.286. The van der Waals surface area contributed by atoms with Gasteiger partial charge in [0.2, 0.25) is 4.32 Å². The van der Waals surface area contributed by atoms with E-state index in [-0.39, 0.29) is 22.8 Å². The molecule has 0 bridgehead atoms. The van der Waals surface area contributed by atoms with Crippen molar-refractivity contribution in [1.29, 1.82) is 0 Å². The second-order valence-corrected chi connectivity index (χ2v) is 12.7. The number of para-hydroxylation sites is 1. The van der Waals surface area contributed by atoms with E-state index in [4.69, 9.17) is 4.74 Å². The van der Waals surface area contributed by atoms with Gasteiger partial charge in [0, 0.05) is 11.3 Å². The molecule has 1 aliphatic carbocycles. The molecule has 3 aromatic carbocycles. The maximum Gasteiger partial charge on any atom is 0.333 e. The highest BCUT2D eigenvalue weighted by molar-refractivity contribution is 9.10. The number of nitro groups is 1. The number of anilines is 1. The number of Topliss-reactive ketones (excluding diaryl/α,β-unsaturated/α-hetero) is 1. The smallest absolute Gasteiger partial charge is 0.333 e. The van der Waals surface area contributed by atoms with E-state index in [2.05, 4.69) is 15.9 Å². The van der Waals surface area contributed by atoms with Crippen LogP contribution in [0.25, 0.3) is 0 Å². The number of rotatable bonds is 6. The molecule has 0 N–H and O–H groups in total. The number of sulfonamides is 1. The number of fused-ring (bicyclic) bond motifs is 3. The van der Waals surface area contributed by atoms with Crippen LogP contribution in [0.15, 0.2) is 83.8 Å². The molecule has 3 aromatic rings. The molecule has 0 amide bonds. The van der Waals surface area contributed by atoms with Gasteiger partial charge in [-0.1, -0.05) is 76.1 Å². The maximum atomic E-state index is 14.4. The lowest BCUT2D eigenvalue weighted by atomic mass is 9.61. The van der Waals surface area contributed by atoms with E-state index in [0.29, 0.717) is 5.56 Å². The van der Waals surface area contributed by atoms with Gasteiger partial charge in [-0.2, -0.15) is 0 Å². The van der Waals surface area contributed by atoms with Crippen molar-refractivity contribution in [3.8, 4) is 0 Å². The van der Waals surface area contributed by atoms with Gasteiger partial charge in [-0.15, -0.1) is 0 Å². The molecule has 4 atom stereocenters. The van der Waals surface area contributed by atoms with E-state index in [1.54, 1.807) is 68.4 Å². The van der Waals surface area contributed by atoms with Crippen molar-refractivity contribution in [2.75, 3.05) is 10.9 Å². The molecular weight excluding hydrogens is 588 g/mol. The predicted octanol–water partition coefficient (Wildman–Crippen LogP) is 4.50. The number of hydrogen-bond acceptors (Lipinski definition) is 7. The van der Waals surface area contributed by atoms with Crippen LogP contribution in [-0.2, 0) is 29.9 Å². The van der Waals surface area contributed by atoms with Crippen molar-refractivity contribution in [3.05, 3.63) is 106 Å². The largest absolute Gasteiger partial charge is 0.465 e. The number of carbonyl (C=O) groups is 2. The zero-order valence-corrected chi connectivity index (χ0v) is 23.5. The number of halogens is 1. The minimum Gasteiger partial charge on any atom is -0.465 e. The van der Waals surface area contributed by atoms with Crippen LogP contribution in [0.5, 0.6) is 0 Å². The van der Waals surface area contributed by atoms with Crippen molar-refractivity contribution in [1.82, 2.24) is 0 Å². The third-order valence-corrected chi connectivity index (χ3v) is 10.6. The van der Waals surface area contributed by atoms with Gasteiger partial charge in [-0.05, 0) is 43.7 Å². The lowest BCUT2D eigenvalue weighted by molar-refractivity contribution is -0.588. The summed E-state index contributed by atoms with van der Waals surface area (Å²) in [6.07, 6.45) is -0.391. The van der Waals surface area contributed by atoms with E-state index in [1.165, 1.54) is 24.3 Å². The van der Waals surface area contributed by atoms with Gasteiger partial charge in [-0.25, -0.2) is 13.2 Å². The standard InChI is InChI=1S/C28H25BrN2O7S/c1-3-38-26(33)27(29)24(32)17-22(19-9-5-4-6-10-19)28(31(34)35)21-11-7-8-12-23(21)30(25(27)28)39(36,37)20-15-13-18(2)14-16-20/h4-16,22,25H,3,17H2,1-2H3/t22-,25+,27+,28+/m0/s1. The first-order valence-electron chi connectivity index (χ1n) is 12.3. The molecule has 0 unspecified atom stereocenters. The summed E-state index contributed by atoms with van der Waals surface area (Å²) in [4.78, 5) is 40.3. The number of ether oxygens (including phenoxy) is 1. The average Bonchev–Trinajstić information content (AvgIpc) is 3.25. The summed E-state index contributed by atoms with van der Waals surface area (Å²) in [5.74, 6) is -2.85. The van der Waals surface area contributed by atoms with Gasteiger partial charge in [0.1, 0.15) is 0 Å². The Morgan fingerprint density at radius 3 is 2.31 bits per heavy atom. The van der Waals surface area contributed by atoms with Crippen LogP contribution >= 0.6 is 15.9 Å². The van der Waals surface area contributed by atoms with Gasteiger partial charge in [0.05, 0.1) is 28.7 Å². The molecule has 0 aromatic heterocycles. The number of esters is 1. The van der Waals surface area contributed by atoms with Gasteiger partial charge in [0.15, 0.2) is 11.8 Å². The lowest BCUT2D eigenvalue weighted by Crippen LogP contribution is -2.71. The number of alkyl halides is 1. The number of hydrogen-bond donors (Lipinski definition) is 0. The fourth-order valence-corrected chi connectivity index (χ4v) is 8.58. The first kappa shape index (κ1) is 27.0.